The summed E-state index contributed by atoms with van der Waals surface area (Å²) < 4.78 is 25.9. The van der Waals surface area contributed by atoms with Crippen LogP contribution < -0.4 is 5.32 Å². The molecule has 2 unspecified atom stereocenters. The Kier molecular flexibility index (Phi) is 7.29. The minimum absolute atomic E-state index is 0.0156. The van der Waals surface area contributed by atoms with E-state index in [4.69, 9.17) is 0 Å². The summed E-state index contributed by atoms with van der Waals surface area (Å²) in [7, 11) is 0. The van der Waals surface area contributed by atoms with Gasteiger partial charge in [-0.25, -0.2) is 13.6 Å². The van der Waals surface area contributed by atoms with Gasteiger partial charge in [0.25, 0.3) is 12.3 Å². The molecule has 4 rings (SSSR count). The fraction of sp³-hybridized carbons (Fsp3) is 0.417. The Balaban J connectivity index is 1.52. The summed E-state index contributed by atoms with van der Waals surface area (Å²) in [6.07, 6.45) is -1.87. The van der Waals surface area contributed by atoms with Crippen molar-refractivity contribution in [2.24, 2.45) is 0 Å². The van der Waals surface area contributed by atoms with E-state index < -0.39 is 6.43 Å². The number of carbonyl (C=O) groups excluding carboxylic acids is 2. The first kappa shape index (κ1) is 22.6. The maximum atomic E-state index is 13.2. The molecular weight excluding hydrogens is 432 g/mol. The van der Waals surface area contributed by atoms with Crippen LogP contribution in [0.15, 0.2) is 54.6 Å². The molecule has 170 valence electrons. The molecule has 2 aromatic rings. The van der Waals surface area contributed by atoms with E-state index in [1.54, 1.807) is 29.2 Å². The molecule has 0 bridgehead atoms. The molecule has 2 fully saturated rings. The Bertz CT molecular complexity index is 921. The molecule has 0 aliphatic carbocycles. The molecule has 5 nitrogen and oxygen atoms in total. The highest BCUT2D eigenvalue weighted by atomic mass is 32.2. The Labute approximate surface area is 191 Å². The molecule has 8 heteroatoms. The lowest BCUT2D eigenvalue weighted by Crippen LogP contribution is -2.56. The third-order valence-electron chi connectivity index (χ3n) is 6.03. The molecule has 0 spiro atoms. The van der Waals surface area contributed by atoms with E-state index in [0.29, 0.717) is 25.1 Å². The van der Waals surface area contributed by atoms with Crippen LogP contribution >= 0.6 is 11.8 Å². The quantitative estimate of drug-likeness (QED) is 0.738. The predicted molar refractivity (Wildman–Crippen MR) is 122 cm³/mol. The zero-order valence-electron chi connectivity index (χ0n) is 17.8. The van der Waals surface area contributed by atoms with Gasteiger partial charge >= 0.3 is 6.03 Å². The number of amides is 3. The number of piperidine rings is 1. The zero-order valence-corrected chi connectivity index (χ0v) is 18.6. The van der Waals surface area contributed by atoms with Crippen molar-refractivity contribution >= 4 is 23.7 Å². The fourth-order valence-electron chi connectivity index (χ4n) is 4.33. The lowest BCUT2D eigenvalue weighted by atomic mass is 9.87. The van der Waals surface area contributed by atoms with Gasteiger partial charge in [-0.3, -0.25) is 4.79 Å². The average Bonchev–Trinajstić information content (AvgIpc) is 2.84. The van der Waals surface area contributed by atoms with Gasteiger partial charge in [-0.05, 0) is 24.1 Å². The molecule has 32 heavy (non-hydrogen) atoms. The molecule has 2 atom stereocenters. The second-order valence-corrected chi connectivity index (χ2v) is 9.45. The van der Waals surface area contributed by atoms with Crippen LogP contribution in [-0.2, 0) is 0 Å². The van der Waals surface area contributed by atoms with Crippen molar-refractivity contribution in [2.75, 3.05) is 37.7 Å². The highest BCUT2D eigenvalue weighted by molar-refractivity contribution is 7.99. The van der Waals surface area contributed by atoms with Crippen LogP contribution in [0.1, 0.15) is 40.2 Å². The largest absolute Gasteiger partial charge is 0.347 e. The van der Waals surface area contributed by atoms with Crippen molar-refractivity contribution in [2.45, 2.75) is 24.8 Å². The smallest absolute Gasteiger partial charge is 0.320 e. The number of nitrogens with one attached hydrogen (secondary N) is 1. The first-order valence-corrected chi connectivity index (χ1v) is 12.0. The van der Waals surface area contributed by atoms with Gasteiger partial charge in [0, 0.05) is 60.8 Å². The summed E-state index contributed by atoms with van der Waals surface area (Å²) in [5.41, 5.74) is 1.46. The number of likely N-dealkylation sites (tertiary alicyclic amines) is 1. The lowest BCUT2D eigenvalue weighted by Gasteiger charge is -2.41. The van der Waals surface area contributed by atoms with Crippen LogP contribution in [0.3, 0.4) is 0 Å². The molecule has 1 N–H and O–H groups in total. The van der Waals surface area contributed by atoms with Crippen LogP contribution in [0.25, 0.3) is 0 Å². The summed E-state index contributed by atoms with van der Waals surface area (Å²) in [4.78, 5) is 29.6. The third-order valence-corrected chi connectivity index (χ3v) is 6.98. The minimum atomic E-state index is -2.51. The van der Waals surface area contributed by atoms with Gasteiger partial charge in [0.05, 0.1) is 0 Å². The number of hydrogen-bond acceptors (Lipinski definition) is 3. The Morgan fingerprint density at radius 1 is 0.938 bits per heavy atom. The molecule has 2 aliphatic rings. The number of benzene rings is 2. The first-order chi connectivity index (χ1) is 15.5. The van der Waals surface area contributed by atoms with Crippen molar-refractivity contribution in [3.63, 3.8) is 0 Å². The maximum Gasteiger partial charge on any atom is 0.320 e. The summed E-state index contributed by atoms with van der Waals surface area (Å²) in [6, 6.07) is 15.1. The van der Waals surface area contributed by atoms with Gasteiger partial charge in [-0.1, -0.05) is 42.5 Å². The number of halogens is 2. The van der Waals surface area contributed by atoms with E-state index in [0.717, 1.165) is 30.2 Å². The van der Waals surface area contributed by atoms with Crippen LogP contribution in [0.4, 0.5) is 13.6 Å². The second kappa shape index (κ2) is 10.3. The van der Waals surface area contributed by atoms with Crippen molar-refractivity contribution in [3.05, 3.63) is 71.3 Å². The molecule has 3 amide bonds. The van der Waals surface area contributed by atoms with Crippen molar-refractivity contribution in [1.82, 2.24) is 15.1 Å². The third kappa shape index (κ3) is 5.41. The van der Waals surface area contributed by atoms with Crippen molar-refractivity contribution < 1.29 is 18.4 Å². The van der Waals surface area contributed by atoms with Gasteiger partial charge in [-0.2, -0.15) is 11.8 Å². The second-order valence-electron chi connectivity index (χ2n) is 8.22. The number of hydrogen-bond donors (Lipinski definition) is 1. The number of rotatable bonds is 4. The average molecular weight is 460 g/mol. The minimum Gasteiger partial charge on any atom is -0.347 e. The first-order valence-electron chi connectivity index (χ1n) is 10.9. The highest BCUT2D eigenvalue weighted by Gasteiger charge is 2.34. The molecule has 2 aliphatic heterocycles. The predicted octanol–water partition coefficient (Wildman–Crippen LogP) is 4.38. The van der Waals surface area contributed by atoms with E-state index >= 15 is 0 Å². The Morgan fingerprint density at radius 2 is 1.62 bits per heavy atom. The van der Waals surface area contributed by atoms with Crippen LogP contribution in [-0.4, -0.2) is 65.5 Å². The monoisotopic (exact) mass is 459 g/mol. The summed E-state index contributed by atoms with van der Waals surface area (Å²) in [5.74, 6) is 1.63. The molecule has 2 saturated heterocycles. The van der Waals surface area contributed by atoms with Gasteiger partial charge in [0.1, 0.15) is 0 Å². The number of urea groups is 1. The highest BCUT2D eigenvalue weighted by Crippen LogP contribution is 2.30. The Hall–Kier alpha value is -2.61. The fourth-order valence-corrected chi connectivity index (χ4v) is 5.23. The SMILES string of the molecule is O=C(NC1CC(c2ccc(C(F)F)cc2)CN(C(=O)N2CCSCC2)C1)c1ccccc1. The van der Waals surface area contributed by atoms with Crippen LogP contribution in [0.5, 0.6) is 0 Å². The Morgan fingerprint density at radius 3 is 2.28 bits per heavy atom. The number of alkyl halides is 2. The maximum absolute atomic E-state index is 13.2. The molecule has 0 radical (unpaired) electrons. The summed E-state index contributed by atoms with van der Waals surface area (Å²) in [6.45, 7) is 2.38. The van der Waals surface area contributed by atoms with E-state index in [1.807, 2.05) is 34.9 Å². The standard InChI is InChI=1S/C24H27F2N3O2S/c25-22(26)18-8-6-17(7-9-18)20-14-21(27-23(30)19-4-2-1-3-5-19)16-29(15-20)24(31)28-10-12-32-13-11-28/h1-9,20-22H,10-16H2,(H,27,30). The van der Waals surface area contributed by atoms with Gasteiger partial charge in [0.2, 0.25) is 0 Å². The van der Waals surface area contributed by atoms with Crippen molar-refractivity contribution in [1.29, 1.82) is 0 Å². The van der Waals surface area contributed by atoms with Gasteiger partial charge in [-0.15, -0.1) is 0 Å². The van der Waals surface area contributed by atoms with E-state index in [1.165, 1.54) is 12.1 Å². The normalized spacial score (nSPS) is 21.5. The number of carbonyl (C=O) groups is 2. The van der Waals surface area contributed by atoms with Gasteiger partial charge in [0.15, 0.2) is 0 Å². The lowest BCUT2D eigenvalue weighted by molar-refractivity contribution is 0.0887. The summed E-state index contributed by atoms with van der Waals surface area (Å²) in [5, 5.41) is 3.08. The van der Waals surface area contributed by atoms with Crippen LogP contribution in [0.2, 0.25) is 0 Å². The van der Waals surface area contributed by atoms with Crippen molar-refractivity contribution in [3.8, 4) is 0 Å². The number of nitrogens with zero attached hydrogens (tertiary/aromatic N) is 2. The molecule has 0 aromatic heterocycles. The van der Waals surface area contributed by atoms with E-state index in [2.05, 4.69) is 5.32 Å². The summed E-state index contributed by atoms with van der Waals surface area (Å²) >= 11 is 1.84. The topological polar surface area (TPSA) is 52.7 Å². The molecular formula is C24H27F2N3O2S. The van der Waals surface area contributed by atoms with E-state index in [-0.39, 0.29) is 29.5 Å². The molecule has 2 heterocycles. The molecule has 0 saturated carbocycles. The van der Waals surface area contributed by atoms with Gasteiger partial charge < -0.3 is 15.1 Å². The van der Waals surface area contributed by atoms with E-state index in [9.17, 15) is 18.4 Å². The van der Waals surface area contributed by atoms with Crippen LogP contribution in [0, 0.1) is 0 Å². The molecule has 2 aromatic carbocycles. The number of thioether (sulfide) groups is 1. The zero-order chi connectivity index (χ0) is 22.5.